The van der Waals surface area contributed by atoms with Crippen LogP contribution in [0, 0.1) is 13.8 Å². The highest BCUT2D eigenvalue weighted by atomic mass is 16.5. The second kappa shape index (κ2) is 8.27. The van der Waals surface area contributed by atoms with Gasteiger partial charge in [-0.2, -0.15) is 5.10 Å². The van der Waals surface area contributed by atoms with Gasteiger partial charge in [0.2, 0.25) is 0 Å². The Labute approximate surface area is 188 Å². The Morgan fingerprint density at radius 3 is 2.16 bits per heavy atom. The lowest BCUT2D eigenvalue weighted by Gasteiger charge is -2.19. The maximum atomic E-state index is 6.22. The fraction of sp³-hybridized carbons (Fsp3) is 0.148. The van der Waals surface area contributed by atoms with Crippen molar-refractivity contribution in [2.75, 3.05) is 18.6 Å². The standard InChI is InChI=1S/C27H26N4O/c1-20-27(22-9-5-4-6-10-22)21(2)31(28-20)24-12-8-14-26(18-24)32-25-13-7-11-23(17-25)30-16-15-29(3)19-30/h4-18H,19H2,1-3H3. The van der Waals surface area contributed by atoms with E-state index >= 15 is 0 Å². The van der Waals surface area contributed by atoms with Crippen LogP contribution >= 0.6 is 0 Å². The van der Waals surface area contributed by atoms with Gasteiger partial charge in [0.05, 0.1) is 18.1 Å². The first-order valence-electron chi connectivity index (χ1n) is 10.7. The zero-order chi connectivity index (χ0) is 22.1. The van der Waals surface area contributed by atoms with Crippen LogP contribution in [0.25, 0.3) is 16.8 Å². The first-order valence-corrected chi connectivity index (χ1v) is 10.7. The summed E-state index contributed by atoms with van der Waals surface area (Å²) in [4.78, 5) is 4.32. The van der Waals surface area contributed by atoms with Crippen LogP contribution in [0.5, 0.6) is 11.5 Å². The van der Waals surface area contributed by atoms with Gasteiger partial charge in [0, 0.05) is 48.5 Å². The largest absolute Gasteiger partial charge is 0.457 e. The van der Waals surface area contributed by atoms with Crippen molar-refractivity contribution in [2.45, 2.75) is 13.8 Å². The third-order valence-electron chi connectivity index (χ3n) is 5.68. The molecule has 2 heterocycles. The van der Waals surface area contributed by atoms with Gasteiger partial charge in [0.1, 0.15) is 11.5 Å². The molecule has 5 nitrogen and oxygen atoms in total. The molecule has 1 aromatic heterocycles. The Balaban J connectivity index is 1.42. The van der Waals surface area contributed by atoms with E-state index < -0.39 is 0 Å². The lowest BCUT2D eigenvalue weighted by atomic mass is 10.0. The zero-order valence-electron chi connectivity index (χ0n) is 18.6. The van der Waals surface area contributed by atoms with E-state index in [2.05, 4.69) is 85.6 Å². The Kier molecular flexibility index (Phi) is 5.15. The van der Waals surface area contributed by atoms with Crippen molar-refractivity contribution < 1.29 is 4.74 Å². The van der Waals surface area contributed by atoms with E-state index in [0.29, 0.717) is 0 Å². The van der Waals surface area contributed by atoms with Crippen molar-refractivity contribution in [3.05, 3.63) is 103 Å². The van der Waals surface area contributed by atoms with Crippen molar-refractivity contribution in [1.82, 2.24) is 14.7 Å². The van der Waals surface area contributed by atoms with Gasteiger partial charge >= 0.3 is 0 Å². The molecule has 5 rings (SSSR count). The second-order valence-electron chi connectivity index (χ2n) is 8.09. The fourth-order valence-electron chi connectivity index (χ4n) is 4.15. The van der Waals surface area contributed by atoms with E-state index in [9.17, 15) is 0 Å². The molecule has 0 radical (unpaired) electrons. The molecule has 0 amide bonds. The topological polar surface area (TPSA) is 33.5 Å². The molecular weight excluding hydrogens is 396 g/mol. The van der Waals surface area contributed by atoms with Crippen LogP contribution < -0.4 is 9.64 Å². The van der Waals surface area contributed by atoms with Crippen molar-refractivity contribution >= 4 is 5.69 Å². The molecule has 0 fully saturated rings. The maximum absolute atomic E-state index is 6.22. The minimum Gasteiger partial charge on any atom is -0.457 e. The molecule has 0 N–H and O–H groups in total. The third kappa shape index (κ3) is 3.85. The van der Waals surface area contributed by atoms with Crippen LogP contribution in [0.3, 0.4) is 0 Å². The number of benzene rings is 3. The zero-order valence-corrected chi connectivity index (χ0v) is 18.6. The lowest BCUT2D eigenvalue weighted by Crippen LogP contribution is -2.21. The number of nitrogens with zero attached hydrogens (tertiary/aromatic N) is 4. The van der Waals surface area contributed by atoms with Gasteiger partial charge < -0.3 is 14.5 Å². The maximum Gasteiger partial charge on any atom is 0.129 e. The summed E-state index contributed by atoms with van der Waals surface area (Å²) < 4.78 is 8.22. The number of hydrogen-bond donors (Lipinski definition) is 0. The van der Waals surface area contributed by atoms with Crippen molar-refractivity contribution in [3.63, 3.8) is 0 Å². The number of aromatic nitrogens is 2. The lowest BCUT2D eigenvalue weighted by molar-refractivity contribution is 0.480. The predicted octanol–water partition coefficient (Wildman–Crippen LogP) is 6.13. The molecule has 160 valence electrons. The summed E-state index contributed by atoms with van der Waals surface area (Å²) >= 11 is 0. The van der Waals surface area contributed by atoms with Gasteiger partial charge in [-0.25, -0.2) is 4.68 Å². The molecule has 0 aliphatic carbocycles. The van der Waals surface area contributed by atoms with Gasteiger partial charge in [-0.1, -0.05) is 42.5 Å². The molecule has 3 aromatic carbocycles. The summed E-state index contributed by atoms with van der Waals surface area (Å²) in [6.07, 6.45) is 4.14. The van der Waals surface area contributed by atoms with E-state index in [1.807, 2.05) is 41.1 Å². The molecule has 0 saturated heterocycles. The summed E-state index contributed by atoms with van der Waals surface area (Å²) in [5.74, 6) is 1.59. The van der Waals surface area contributed by atoms with Crippen molar-refractivity contribution in [1.29, 1.82) is 0 Å². The average molecular weight is 423 g/mol. The average Bonchev–Trinajstić information content (AvgIpc) is 3.37. The minimum atomic E-state index is 0.780. The Bertz CT molecular complexity index is 1280. The molecule has 5 heteroatoms. The van der Waals surface area contributed by atoms with Crippen LogP contribution in [0.15, 0.2) is 91.3 Å². The molecular formula is C27H26N4O. The summed E-state index contributed by atoms with van der Waals surface area (Å²) in [5, 5.41) is 4.82. The predicted molar refractivity (Wildman–Crippen MR) is 129 cm³/mol. The molecule has 0 unspecified atom stereocenters. The van der Waals surface area contributed by atoms with Gasteiger partial charge in [-0.05, 0) is 43.7 Å². The summed E-state index contributed by atoms with van der Waals surface area (Å²) in [6.45, 7) is 5.00. The van der Waals surface area contributed by atoms with Gasteiger partial charge in [0.25, 0.3) is 0 Å². The molecule has 32 heavy (non-hydrogen) atoms. The van der Waals surface area contributed by atoms with Crippen LogP contribution in [-0.4, -0.2) is 28.4 Å². The highest BCUT2D eigenvalue weighted by Crippen LogP contribution is 2.31. The van der Waals surface area contributed by atoms with Gasteiger partial charge in [-0.15, -0.1) is 0 Å². The summed E-state index contributed by atoms with van der Waals surface area (Å²) in [6, 6.07) is 26.6. The number of hydrogen-bond acceptors (Lipinski definition) is 4. The van der Waals surface area contributed by atoms with Gasteiger partial charge in [0.15, 0.2) is 0 Å². The molecule has 1 aliphatic heterocycles. The second-order valence-corrected chi connectivity index (χ2v) is 8.09. The first-order chi connectivity index (χ1) is 15.6. The van der Waals surface area contributed by atoms with Crippen LogP contribution in [0.2, 0.25) is 0 Å². The first kappa shape index (κ1) is 19.9. The number of rotatable bonds is 5. The Hall–Kier alpha value is -3.99. The SMILES string of the molecule is Cc1nn(-c2cccc(Oc3cccc(N4C=CN(C)C4)c3)c2)c(C)c1-c1ccccc1. The van der Waals surface area contributed by atoms with Crippen molar-refractivity contribution in [3.8, 4) is 28.3 Å². The van der Waals surface area contributed by atoms with E-state index in [0.717, 1.165) is 40.9 Å². The smallest absolute Gasteiger partial charge is 0.129 e. The Morgan fingerprint density at radius 1 is 0.781 bits per heavy atom. The number of aryl methyl sites for hydroxylation is 1. The highest BCUT2D eigenvalue weighted by Gasteiger charge is 2.15. The van der Waals surface area contributed by atoms with Crippen molar-refractivity contribution in [2.24, 2.45) is 0 Å². The van der Waals surface area contributed by atoms with Crippen LogP contribution in [0.4, 0.5) is 5.69 Å². The summed E-state index contributed by atoms with van der Waals surface area (Å²) in [5.41, 5.74) is 6.55. The third-order valence-corrected chi connectivity index (χ3v) is 5.68. The molecule has 1 aliphatic rings. The molecule has 4 aromatic rings. The molecule has 0 spiro atoms. The monoisotopic (exact) mass is 422 g/mol. The number of anilines is 1. The quantitative estimate of drug-likeness (QED) is 0.387. The number of ether oxygens (including phenoxy) is 1. The molecule has 0 bridgehead atoms. The molecule has 0 atom stereocenters. The normalized spacial score (nSPS) is 13.1. The van der Waals surface area contributed by atoms with Crippen LogP contribution in [-0.2, 0) is 0 Å². The molecule has 0 saturated carbocycles. The van der Waals surface area contributed by atoms with E-state index in [-0.39, 0.29) is 0 Å². The minimum absolute atomic E-state index is 0.780. The van der Waals surface area contributed by atoms with E-state index in [1.165, 1.54) is 11.1 Å². The highest BCUT2D eigenvalue weighted by molar-refractivity contribution is 5.69. The van der Waals surface area contributed by atoms with E-state index in [4.69, 9.17) is 9.84 Å². The fourth-order valence-corrected chi connectivity index (χ4v) is 4.15. The van der Waals surface area contributed by atoms with Crippen LogP contribution in [0.1, 0.15) is 11.4 Å². The Morgan fingerprint density at radius 2 is 1.47 bits per heavy atom. The van der Waals surface area contributed by atoms with E-state index in [1.54, 1.807) is 0 Å². The summed E-state index contributed by atoms with van der Waals surface area (Å²) in [7, 11) is 2.06. The van der Waals surface area contributed by atoms with Gasteiger partial charge in [-0.3, -0.25) is 0 Å².